The van der Waals surface area contributed by atoms with Gasteiger partial charge in [0.05, 0.1) is 24.0 Å². The highest BCUT2D eigenvalue weighted by molar-refractivity contribution is 5.94. The van der Waals surface area contributed by atoms with Crippen molar-refractivity contribution >= 4 is 22.8 Å². The molecule has 0 aliphatic heterocycles. The van der Waals surface area contributed by atoms with Crippen LogP contribution in [-0.4, -0.2) is 33.3 Å². The number of pyridine rings is 1. The Bertz CT molecular complexity index is 653. The Kier molecular flexibility index (Phi) is 5.03. The molecule has 0 aliphatic rings. The van der Waals surface area contributed by atoms with Gasteiger partial charge in [0.25, 0.3) is 0 Å². The van der Waals surface area contributed by atoms with Gasteiger partial charge >= 0.3 is 6.03 Å². The van der Waals surface area contributed by atoms with Crippen molar-refractivity contribution in [3.05, 3.63) is 24.0 Å². The summed E-state index contributed by atoms with van der Waals surface area (Å²) in [6.07, 6.45) is 6.17. The number of urea groups is 1. The van der Waals surface area contributed by atoms with E-state index >= 15 is 0 Å². The van der Waals surface area contributed by atoms with Crippen molar-refractivity contribution in [3.8, 4) is 0 Å². The maximum atomic E-state index is 12.2. The zero-order valence-electron chi connectivity index (χ0n) is 13.4. The minimum atomic E-state index is -0.611. The molecule has 2 amide bonds. The third-order valence-electron chi connectivity index (χ3n) is 3.95. The predicted octanol–water partition coefficient (Wildman–Crippen LogP) is 2.93. The van der Waals surface area contributed by atoms with E-state index in [0.29, 0.717) is 5.69 Å². The second kappa shape index (κ2) is 6.79. The number of rotatable bonds is 6. The summed E-state index contributed by atoms with van der Waals surface area (Å²) in [4.78, 5) is 19.5. The van der Waals surface area contributed by atoms with Crippen LogP contribution in [-0.2, 0) is 0 Å². The lowest BCUT2D eigenvalue weighted by molar-refractivity contribution is 0.166. The Morgan fingerprint density at radius 1 is 1.50 bits per heavy atom. The molecule has 0 fully saturated rings. The molecule has 0 saturated heterocycles. The molecule has 1 atom stereocenters. The number of aliphatic hydroxyl groups is 1. The van der Waals surface area contributed by atoms with Gasteiger partial charge in [-0.15, -0.1) is 0 Å². The predicted molar refractivity (Wildman–Crippen MR) is 88.0 cm³/mol. The number of unbranched alkanes of at least 4 members (excludes halogenated alkanes) is 1. The average Bonchev–Trinajstić information content (AvgIpc) is 2.97. The molecule has 2 aromatic heterocycles. The molecular formula is C16H24N4O2. The summed E-state index contributed by atoms with van der Waals surface area (Å²) in [5.74, 6) is 0. The van der Waals surface area contributed by atoms with E-state index < -0.39 is 5.54 Å². The molecule has 6 heteroatoms. The first-order valence-electron chi connectivity index (χ1n) is 7.62. The number of hydrogen-bond acceptors (Lipinski definition) is 3. The molecule has 4 N–H and O–H groups in total. The summed E-state index contributed by atoms with van der Waals surface area (Å²) in [7, 11) is 0. The number of aromatic nitrogens is 2. The lowest BCUT2D eigenvalue weighted by atomic mass is 9.96. The molecule has 2 heterocycles. The molecule has 0 spiro atoms. The number of nitrogens with zero attached hydrogens (tertiary/aromatic N) is 1. The van der Waals surface area contributed by atoms with Crippen LogP contribution in [0.5, 0.6) is 0 Å². The number of hydrogen-bond donors (Lipinski definition) is 4. The van der Waals surface area contributed by atoms with Crippen LogP contribution < -0.4 is 10.6 Å². The minimum Gasteiger partial charge on any atom is -0.394 e. The molecule has 1 unspecified atom stereocenters. The van der Waals surface area contributed by atoms with Crippen LogP contribution in [0.2, 0.25) is 0 Å². The topological polar surface area (TPSA) is 90.0 Å². The van der Waals surface area contributed by atoms with E-state index in [1.807, 2.05) is 26.1 Å². The molecule has 0 aliphatic carbocycles. The summed E-state index contributed by atoms with van der Waals surface area (Å²) in [6.45, 7) is 5.78. The van der Waals surface area contributed by atoms with Gasteiger partial charge < -0.3 is 20.7 Å². The van der Waals surface area contributed by atoms with Crippen molar-refractivity contribution in [1.82, 2.24) is 15.3 Å². The van der Waals surface area contributed by atoms with Gasteiger partial charge in [0.15, 0.2) is 0 Å². The highest BCUT2D eigenvalue weighted by atomic mass is 16.3. The van der Waals surface area contributed by atoms with Gasteiger partial charge in [0.1, 0.15) is 5.65 Å². The van der Waals surface area contributed by atoms with Gasteiger partial charge in [0, 0.05) is 11.6 Å². The van der Waals surface area contributed by atoms with E-state index in [0.717, 1.165) is 35.9 Å². The Hall–Kier alpha value is -2.08. The number of anilines is 1. The van der Waals surface area contributed by atoms with Crippen molar-refractivity contribution in [2.45, 2.75) is 45.6 Å². The molecule has 0 radical (unpaired) electrons. The molecule has 2 aromatic rings. The van der Waals surface area contributed by atoms with Crippen LogP contribution >= 0.6 is 0 Å². The number of aromatic amines is 1. The van der Waals surface area contributed by atoms with E-state index in [1.54, 1.807) is 6.20 Å². The smallest absolute Gasteiger partial charge is 0.319 e. The summed E-state index contributed by atoms with van der Waals surface area (Å²) in [5, 5.41) is 16.2. The molecule has 0 bridgehead atoms. The zero-order valence-corrected chi connectivity index (χ0v) is 13.4. The first kappa shape index (κ1) is 16.3. The largest absolute Gasteiger partial charge is 0.394 e. The number of nitrogens with one attached hydrogen (secondary N) is 3. The van der Waals surface area contributed by atoms with E-state index in [1.165, 1.54) is 0 Å². The number of amides is 2. The van der Waals surface area contributed by atoms with Crippen LogP contribution in [0, 0.1) is 6.92 Å². The van der Waals surface area contributed by atoms with Gasteiger partial charge in [-0.1, -0.05) is 19.8 Å². The van der Waals surface area contributed by atoms with Crippen molar-refractivity contribution in [2.24, 2.45) is 0 Å². The Morgan fingerprint density at radius 3 is 2.95 bits per heavy atom. The van der Waals surface area contributed by atoms with Gasteiger partial charge in [-0.25, -0.2) is 9.78 Å². The van der Waals surface area contributed by atoms with E-state index in [9.17, 15) is 9.90 Å². The number of fused-ring (bicyclic) bond motifs is 1. The van der Waals surface area contributed by atoms with Crippen molar-refractivity contribution in [1.29, 1.82) is 0 Å². The van der Waals surface area contributed by atoms with Crippen molar-refractivity contribution in [2.75, 3.05) is 11.9 Å². The second-order valence-electron chi connectivity index (χ2n) is 5.94. The summed E-state index contributed by atoms with van der Waals surface area (Å²) >= 11 is 0. The van der Waals surface area contributed by atoms with Gasteiger partial charge in [-0.2, -0.15) is 0 Å². The van der Waals surface area contributed by atoms with Crippen molar-refractivity contribution in [3.63, 3.8) is 0 Å². The van der Waals surface area contributed by atoms with Crippen molar-refractivity contribution < 1.29 is 9.90 Å². The first-order chi connectivity index (χ1) is 10.5. The number of aliphatic hydroxyl groups excluding tert-OH is 1. The monoisotopic (exact) mass is 304 g/mol. The maximum Gasteiger partial charge on any atom is 0.319 e. The fourth-order valence-corrected chi connectivity index (χ4v) is 2.44. The second-order valence-corrected chi connectivity index (χ2v) is 5.94. The number of H-pyrrole nitrogens is 1. The van der Waals surface area contributed by atoms with Crippen LogP contribution in [0.15, 0.2) is 18.5 Å². The Labute approximate surface area is 130 Å². The minimum absolute atomic E-state index is 0.0888. The molecule has 6 nitrogen and oxygen atoms in total. The number of carbonyl (C=O) groups excluding carboxylic acids is 1. The third kappa shape index (κ3) is 3.57. The number of carbonyl (C=O) groups is 1. The van der Waals surface area contributed by atoms with Gasteiger partial charge in [-0.3, -0.25) is 0 Å². The molecule has 22 heavy (non-hydrogen) atoms. The standard InChI is InChI=1S/C16H24N4O2/c1-4-5-7-16(3,10-21)20-15(22)19-13-9-18-14-12(11(13)2)6-8-17-14/h6,8-9,21H,4-5,7,10H2,1-3H3,(H,17,18)(H2,19,20,22). The highest BCUT2D eigenvalue weighted by Crippen LogP contribution is 2.22. The zero-order chi connectivity index (χ0) is 16.2. The number of aryl methyl sites for hydroxylation is 1. The first-order valence-corrected chi connectivity index (χ1v) is 7.62. The maximum absolute atomic E-state index is 12.2. The fourth-order valence-electron chi connectivity index (χ4n) is 2.44. The Balaban J connectivity index is 2.08. The fraction of sp³-hybridized carbons (Fsp3) is 0.500. The van der Waals surface area contributed by atoms with Gasteiger partial charge in [-0.05, 0) is 31.9 Å². The highest BCUT2D eigenvalue weighted by Gasteiger charge is 2.25. The third-order valence-corrected chi connectivity index (χ3v) is 3.95. The lowest BCUT2D eigenvalue weighted by Crippen LogP contribution is -2.50. The Morgan fingerprint density at radius 2 is 2.27 bits per heavy atom. The van der Waals surface area contributed by atoms with Crippen LogP contribution in [0.4, 0.5) is 10.5 Å². The van der Waals surface area contributed by atoms with Crippen LogP contribution in [0.3, 0.4) is 0 Å². The van der Waals surface area contributed by atoms with E-state index in [-0.39, 0.29) is 12.6 Å². The van der Waals surface area contributed by atoms with E-state index in [4.69, 9.17) is 0 Å². The summed E-state index contributed by atoms with van der Waals surface area (Å²) < 4.78 is 0. The van der Waals surface area contributed by atoms with E-state index in [2.05, 4.69) is 27.5 Å². The lowest BCUT2D eigenvalue weighted by Gasteiger charge is -2.28. The molecule has 2 rings (SSSR count). The molecule has 120 valence electrons. The van der Waals surface area contributed by atoms with Gasteiger partial charge in [0.2, 0.25) is 0 Å². The summed E-state index contributed by atoms with van der Waals surface area (Å²) in [5.41, 5.74) is 1.81. The SMILES string of the molecule is CCCCC(C)(CO)NC(=O)Nc1cnc2[nH]ccc2c1C. The summed E-state index contributed by atoms with van der Waals surface area (Å²) in [6, 6.07) is 1.60. The van der Waals surface area contributed by atoms with Crippen LogP contribution in [0.25, 0.3) is 11.0 Å². The quantitative estimate of drug-likeness (QED) is 0.661. The molecule has 0 saturated carbocycles. The normalized spacial score (nSPS) is 13.8. The van der Waals surface area contributed by atoms with Crippen LogP contribution in [0.1, 0.15) is 38.7 Å². The molecule has 0 aromatic carbocycles. The average molecular weight is 304 g/mol. The molecular weight excluding hydrogens is 280 g/mol.